The maximum atomic E-state index is 16.1. The van der Waals surface area contributed by atoms with Crippen molar-refractivity contribution >= 4 is 9.58 Å². The molecule has 0 spiro atoms. The fraction of sp³-hybridized carbons (Fsp3) is 0.255. The SMILES string of the molecule is CCCCCCOc1c(F)c(-c2ccccn2)[c-]c(-c2cc(-c3[c-]c(-c4ccccn4)c(F)c(OCCCCCC)c3F)ncn2)c1F.Cc1c[c-]c(-c2ccccn2)cc1.[CH3-].[Cl][Ir+2].[Pt+2]. The average molecular weight is 1260 g/mol. The summed E-state index contributed by atoms with van der Waals surface area (Å²) in [7, 11) is 4.64. The summed E-state index contributed by atoms with van der Waals surface area (Å²) in [5.74, 6) is -5.12. The van der Waals surface area contributed by atoms with E-state index in [-0.39, 0.29) is 86.7 Å². The number of ether oxygens (including phenoxy) is 2. The second-order valence-corrected chi connectivity index (χ2v) is 14.2. The van der Waals surface area contributed by atoms with Crippen LogP contribution in [0.25, 0.3) is 56.3 Å². The average Bonchev–Trinajstić information content (AvgIpc) is 3.33. The predicted octanol–water partition coefficient (Wildman–Crippen LogP) is 14.0. The molecule has 0 aliphatic carbocycles. The number of halogens is 5. The molecule has 344 valence electrons. The van der Waals surface area contributed by atoms with Crippen molar-refractivity contribution in [2.45, 2.75) is 72.1 Å². The summed E-state index contributed by atoms with van der Waals surface area (Å²) in [4.78, 5) is 21.1. The first kappa shape index (κ1) is 54.5. The van der Waals surface area contributed by atoms with Gasteiger partial charge in [-0.2, -0.15) is 0 Å². The van der Waals surface area contributed by atoms with Crippen molar-refractivity contribution in [3.63, 3.8) is 0 Å². The molecule has 65 heavy (non-hydrogen) atoms. The summed E-state index contributed by atoms with van der Waals surface area (Å²) in [6.07, 6.45) is 12.7. The minimum absolute atomic E-state index is 0. The van der Waals surface area contributed by atoms with E-state index in [2.05, 4.69) is 79.5 Å². The van der Waals surface area contributed by atoms with Gasteiger partial charge in [0.05, 0.1) is 19.5 Å². The third-order valence-electron chi connectivity index (χ3n) is 9.59. The maximum absolute atomic E-state index is 16.1. The summed E-state index contributed by atoms with van der Waals surface area (Å²) in [6.45, 7) is 6.37. The van der Waals surface area contributed by atoms with Crippen LogP contribution in [0.1, 0.15) is 70.8 Å². The number of hydrogen-bond acceptors (Lipinski definition) is 7. The van der Waals surface area contributed by atoms with Crippen LogP contribution in [0.15, 0.2) is 104 Å². The third kappa shape index (κ3) is 15.1. The predicted molar refractivity (Wildman–Crippen MR) is 242 cm³/mol. The summed E-state index contributed by atoms with van der Waals surface area (Å²) < 4.78 is 75.0. The molecule has 0 saturated carbocycles. The Labute approximate surface area is 409 Å². The number of nitrogens with zero attached hydrogens (tertiary/aromatic N) is 5. The molecule has 0 saturated heterocycles. The molecular weight excluding hydrogens is 1210 g/mol. The van der Waals surface area contributed by atoms with Gasteiger partial charge in [-0.3, -0.25) is 19.9 Å². The van der Waals surface area contributed by atoms with Gasteiger partial charge in [0.25, 0.3) is 0 Å². The molecule has 3 aromatic carbocycles. The van der Waals surface area contributed by atoms with Crippen LogP contribution >= 0.6 is 9.58 Å². The second-order valence-electron chi connectivity index (χ2n) is 14.2. The number of aryl methyl sites for hydroxylation is 1. The molecule has 7 aromatic rings. The standard InChI is InChI=1S/C38H36F4N4O2.C12H10N.CH3.ClH.Ir.Pt/c1-3-5-7-13-19-47-37-33(39)25(29-15-9-11-17-43-29)21-27(35(37)41)31-23-32(46-24-45-31)28-22-26(30-16-10-12-18-44-30)34(40)38(36(28)42)48-20-14-8-6-4-2;1-10-5-7-11(8-6-10)12-4-2-3-9-13-12;;;;/h9-12,15-18,23-24H,3-8,13-14,19-20H2,1-2H3;2-7,9H,1H3;1H3;1H;;/q-2;2*-1;;+3;+2/p-1. The Morgan fingerprint density at radius 2 is 0.954 bits per heavy atom. The number of aromatic nitrogens is 5. The molecule has 0 aliphatic rings. The quantitative estimate of drug-likeness (QED) is 0.0510. The van der Waals surface area contributed by atoms with Crippen LogP contribution in [0.2, 0.25) is 0 Å². The Hall–Kier alpha value is -4.86. The molecule has 0 aliphatic heterocycles. The van der Waals surface area contributed by atoms with Gasteiger partial charge in [-0.05, 0) is 36.7 Å². The van der Waals surface area contributed by atoms with Gasteiger partial charge >= 0.3 is 48.5 Å². The van der Waals surface area contributed by atoms with Gasteiger partial charge in [0, 0.05) is 41.4 Å². The van der Waals surface area contributed by atoms with Crippen molar-refractivity contribution < 1.29 is 66.0 Å². The van der Waals surface area contributed by atoms with E-state index in [4.69, 9.17) is 9.47 Å². The van der Waals surface area contributed by atoms with E-state index in [0.29, 0.717) is 12.8 Å². The minimum Gasteiger partial charge on any atom is 2.00 e. The third-order valence-corrected chi connectivity index (χ3v) is 9.59. The van der Waals surface area contributed by atoms with E-state index in [1.807, 2.05) is 30.3 Å². The fourth-order valence-corrected chi connectivity index (χ4v) is 6.32. The number of unbranched alkanes of at least 4 members (excludes halogenated alkanes) is 6. The van der Waals surface area contributed by atoms with Crippen LogP contribution in [-0.4, -0.2) is 38.1 Å². The van der Waals surface area contributed by atoms with Gasteiger partial charge in [0.15, 0.2) is 0 Å². The molecule has 0 radical (unpaired) electrons. The normalized spacial score (nSPS) is 10.3. The van der Waals surface area contributed by atoms with E-state index in [9.17, 15) is 0 Å². The molecule has 4 heterocycles. The summed E-state index contributed by atoms with van der Waals surface area (Å²) >= 11 is 1.47. The summed E-state index contributed by atoms with van der Waals surface area (Å²) in [6, 6.07) is 31.8. The largest absolute Gasteiger partial charge is 2.00 e. The molecule has 7 rings (SSSR count). The second kappa shape index (κ2) is 28.9. The van der Waals surface area contributed by atoms with Crippen molar-refractivity contribution in [2.75, 3.05) is 13.2 Å². The smallest absolute Gasteiger partial charge is 2.00 e. The van der Waals surface area contributed by atoms with Crippen molar-refractivity contribution in [3.05, 3.63) is 158 Å². The fourth-order valence-electron chi connectivity index (χ4n) is 6.32. The van der Waals surface area contributed by atoms with E-state index in [1.165, 1.54) is 41.9 Å². The van der Waals surface area contributed by atoms with Crippen LogP contribution < -0.4 is 9.47 Å². The van der Waals surface area contributed by atoms with Gasteiger partial charge < -0.3 is 21.9 Å². The van der Waals surface area contributed by atoms with Crippen molar-refractivity contribution in [1.29, 1.82) is 0 Å². The molecule has 0 amide bonds. The van der Waals surface area contributed by atoms with E-state index < -0.39 is 34.8 Å². The molecule has 4 aromatic heterocycles. The first-order chi connectivity index (χ1) is 30.8. The minimum atomic E-state index is -1.03. The van der Waals surface area contributed by atoms with Crippen LogP contribution in [-0.2, 0) is 39.0 Å². The molecule has 0 fully saturated rings. The van der Waals surface area contributed by atoms with E-state index >= 15 is 17.6 Å². The van der Waals surface area contributed by atoms with Crippen molar-refractivity contribution in [1.82, 2.24) is 24.9 Å². The number of rotatable bonds is 17. The first-order valence-electron chi connectivity index (χ1n) is 20.6. The Morgan fingerprint density at radius 3 is 1.32 bits per heavy atom. The molecule has 14 heteroatoms. The molecule has 0 N–H and O–H groups in total. The molecular formula is C51H49ClF4IrN5O2Pt. The van der Waals surface area contributed by atoms with Gasteiger partial charge in [-0.1, -0.05) is 124 Å². The van der Waals surface area contributed by atoms with Gasteiger partial charge in [-0.15, -0.1) is 47.5 Å². The van der Waals surface area contributed by atoms with Crippen LogP contribution in [0.5, 0.6) is 11.5 Å². The molecule has 0 atom stereocenters. The summed E-state index contributed by atoms with van der Waals surface area (Å²) in [5.41, 5.74) is 2.88. The Morgan fingerprint density at radius 1 is 0.538 bits per heavy atom. The number of benzene rings is 3. The number of hydrogen-bond donors (Lipinski definition) is 0. The van der Waals surface area contributed by atoms with Crippen molar-refractivity contribution in [2.24, 2.45) is 0 Å². The zero-order chi connectivity index (χ0) is 45.0. The van der Waals surface area contributed by atoms with Gasteiger partial charge in [0.1, 0.15) is 34.8 Å². The molecule has 7 nitrogen and oxygen atoms in total. The van der Waals surface area contributed by atoms with Gasteiger partial charge in [-0.25, -0.2) is 17.6 Å². The first-order valence-corrected chi connectivity index (χ1v) is 23.6. The number of pyridine rings is 3. The van der Waals surface area contributed by atoms with Crippen LogP contribution in [0, 0.1) is 55.8 Å². The summed E-state index contributed by atoms with van der Waals surface area (Å²) in [5, 5.41) is 0. The maximum Gasteiger partial charge on any atom is 2.00 e. The Bertz CT molecular complexity index is 2350. The molecule has 0 unspecified atom stereocenters. The zero-order valence-corrected chi connectivity index (χ0v) is 41.9. The van der Waals surface area contributed by atoms with Gasteiger partial charge in [0.2, 0.25) is 0 Å². The van der Waals surface area contributed by atoms with E-state index in [1.54, 1.807) is 42.6 Å². The van der Waals surface area contributed by atoms with Crippen LogP contribution in [0.3, 0.4) is 0 Å². The Kier molecular flexibility index (Phi) is 24.2. The zero-order valence-electron chi connectivity index (χ0n) is 36.5. The Balaban J connectivity index is 0.000000560. The molecule has 0 bridgehead atoms. The monoisotopic (exact) mass is 1260 g/mol. The van der Waals surface area contributed by atoms with Crippen molar-refractivity contribution in [3.8, 4) is 67.8 Å². The topological polar surface area (TPSA) is 82.9 Å². The van der Waals surface area contributed by atoms with E-state index in [0.717, 1.165) is 56.1 Å². The van der Waals surface area contributed by atoms with Crippen LogP contribution in [0.4, 0.5) is 17.6 Å².